The summed E-state index contributed by atoms with van der Waals surface area (Å²) in [6, 6.07) is 7.99. The fourth-order valence-electron chi connectivity index (χ4n) is 2.85. The van der Waals surface area contributed by atoms with Gasteiger partial charge in [0.1, 0.15) is 0 Å². The average molecular weight is 320 g/mol. The molecule has 1 aromatic rings. The lowest BCUT2D eigenvalue weighted by atomic mass is 9.87. The Balaban J connectivity index is 1.72. The van der Waals surface area contributed by atoms with Crippen LogP contribution in [-0.4, -0.2) is 23.5 Å². The molecule has 0 aromatic heterocycles. The molecule has 0 unspecified atom stereocenters. The molecule has 0 saturated heterocycles. The highest BCUT2D eigenvalue weighted by Gasteiger charge is 2.15. The number of hydrogen-bond donors (Lipinski definition) is 1. The van der Waals surface area contributed by atoms with Crippen molar-refractivity contribution >= 4 is 17.7 Å². The molecule has 1 aliphatic rings. The van der Waals surface area contributed by atoms with Crippen LogP contribution in [0.4, 0.5) is 0 Å². The van der Waals surface area contributed by atoms with E-state index in [9.17, 15) is 4.79 Å². The molecule has 2 rings (SSSR count). The Labute approximate surface area is 139 Å². The number of thioether (sulfide) groups is 1. The zero-order chi connectivity index (χ0) is 16.0. The van der Waals surface area contributed by atoms with Crippen LogP contribution in [0.5, 0.6) is 0 Å². The third kappa shape index (κ3) is 5.35. The molecule has 0 heterocycles. The first-order valence-corrected chi connectivity index (χ1v) is 9.52. The third-order valence-corrected chi connectivity index (χ3v) is 5.69. The van der Waals surface area contributed by atoms with Crippen molar-refractivity contribution in [3.63, 3.8) is 0 Å². The number of carbonyl (C=O) groups excluding carboxylic acids is 1. The SMILES string of the molecule is CC(C)(C)c1ccc(C(=O)NCCSC2CCCCC2)cc1. The first kappa shape index (κ1) is 17.4. The summed E-state index contributed by atoms with van der Waals surface area (Å²) in [6.45, 7) is 7.32. The summed E-state index contributed by atoms with van der Waals surface area (Å²) >= 11 is 2.03. The van der Waals surface area contributed by atoms with Crippen LogP contribution >= 0.6 is 11.8 Å². The number of amides is 1. The van der Waals surface area contributed by atoms with Gasteiger partial charge >= 0.3 is 0 Å². The van der Waals surface area contributed by atoms with Gasteiger partial charge in [0.05, 0.1) is 0 Å². The van der Waals surface area contributed by atoms with Gasteiger partial charge in [-0.15, -0.1) is 0 Å². The van der Waals surface area contributed by atoms with E-state index in [4.69, 9.17) is 0 Å². The Kier molecular flexibility index (Phi) is 6.37. The second-order valence-electron chi connectivity index (χ2n) is 7.21. The zero-order valence-corrected chi connectivity index (χ0v) is 15.0. The van der Waals surface area contributed by atoms with E-state index in [1.807, 2.05) is 23.9 Å². The topological polar surface area (TPSA) is 29.1 Å². The quantitative estimate of drug-likeness (QED) is 0.791. The standard InChI is InChI=1S/C19H29NOS/c1-19(2,3)16-11-9-15(10-12-16)18(21)20-13-14-22-17-7-5-4-6-8-17/h9-12,17H,4-8,13-14H2,1-3H3,(H,20,21). The van der Waals surface area contributed by atoms with Gasteiger partial charge in [0.25, 0.3) is 5.91 Å². The Morgan fingerprint density at radius 2 is 1.77 bits per heavy atom. The summed E-state index contributed by atoms with van der Waals surface area (Å²) in [4.78, 5) is 12.1. The van der Waals surface area contributed by atoms with Gasteiger partial charge < -0.3 is 5.32 Å². The first-order valence-electron chi connectivity index (χ1n) is 8.47. The zero-order valence-electron chi connectivity index (χ0n) is 14.2. The third-order valence-electron chi connectivity index (χ3n) is 4.31. The summed E-state index contributed by atoms with van der Waals surface area (Å²) in [7, 11) is 0. The van der Waals surface area contributed by atoms with Crippen molar-refractivity contribution in [1.29, 1.82) is 0 Å². The van der Waals surface area contributed by atoms with Crippen LogP contribution in [0.1, 0.15) is 68.8 Å². The highest BCUT2D eigenvalue weighted by Crippen LogP contribution is 2.27. The largest absolute Gasteiger partial charge is 0.351 e. The van der Waals surface area contributed by atoms with Crippen LogP contribution in [0.25, 0.3) is 0 Å². The van der Waals surface area contributed by atoms with E-state index in [1.54, 1.807) is 0 Å². The minimum Gasteiger partial charge on any atom is -0.351 e. The van der Waals surface area contributed by atoms with Gasteiger partial charge in [0.2, 0.25) is 0 Å². The van der Waals surface area contributed by atoms with Crippen molar-refractivity contribution < 1.29 is 4.79 Å². The van der Waals surface area contributed by atoms with E-state index in [0.717, 1.165) is 23.1 Å². The molecule has 3 heteroatoms. The first-order chi connectivity index (χ1) is 10.5. The molecule has 1 N–H and O–H groups in total. The molecule has 1 amide bonds. The lowest BCUT2D eigenvalue weighted by Gasteiger charge is -2.21. The van der Waals surface area contributed by atoms with Gasteiger partial charge in [0, 0.05) is 23.1 Å². The van der Waals surface area contributed by atoms with E-state index in [2.05, 4.69) is 38.2 Å². The fraction of sp³-hybridized carbons (Fsp3) is 0.632. The van der Waals surface area contributed by atoms with Gasteiger partial charge in [-0.1, -0.05) is 52.2 Å². The molecule has 1 saturated carbocycles. The molecule has 1 fully saturated rings. The van der Waals surface area contributed by atoms with E-state index >= 15 is 0 Å². The van der Waals surface area contributed by atoms with Gasteiger partial charge in [-0.2, -0.15) is 11.8 Å². The monoisotopic (exact) mass is 319 g/mol. The summed E-state index contributed by atoms with van der Waals surface area (Å²) in [6.07, 6.45) is 6.87. The molecule has 1 aliphatic carbocycles. The maximum absolute atomic E-state index is 12.1. The molecule has 1 aromatic carbocycles. The Morgan fingerprint density at radius 1 is 1.14 bits per heavy atom. The normalized spacial score (nSPS) is 16.5. The summed E-state index contributed by atoms with van der Waals surface area (Å²) < 4.78 is 0. The van der Waals surface area contributed by atoms with Crippen LogP contribution in [-0.2, 0) is 5.41 Å². The summed E-state index contributed by atoms with van der Waals surface area (Å²) in [5.41, 5.74) is 2.15. The highest BCUT2D eigenvalue weighted by atomic mass is 32.2. The van der Waals surface area contributed by atoms with E-state index < -0.39 is 0 Å². The summed E-state index contributed by atoms with van der Waals surface area (Å²) in [5.74, 6) is 1.07. The maximum Gasteiger partial charge on any atom is 0.251 e. The molecule has 22 heavy (non-hydrogen) atoms. The van der Waals surface area contributed by atoms with Crippen LogP contribution in [0.15, 0.2) is 24.3 Å². The van der Waals surface area contributed by atoms with Crippen molar-refractivity contribution in [3.05, 3.63) is 35.4 Å². The smallest absolute Gasteiger partial charge is 0.251 e. The van der Waals surface area contributed by atoms with Gasteiger partial charge in [0.15, 0.2) is 0 Å². The van der Waals surface area contributed by atoms with Gasteiger partial charge in [-0.25, -0.2) is 0 Å². The predicted molar refractivity (Wildman–Crippen MR) is 96.8 cm³/mol. The van der Waals surface area contributed by atoms with Crippen LogP contribution in [0.2, 0.25) is 0 Å². The number of nitrogens with one attached hydrogen (secondary N) is 1. The number of carbonyl (C=O) groups is 1. The lowest BCUT2D eigenvalue weighted by molar-refractivity contribution is 0.0956. The highest BCUT2D eigenvalue weighted by molar-refractivity contribution is 7.99. The predicted octanol–water partition coefficient (Wildman–Crippen LogP) is 4.78. The molecular formula is C19H29NOS. The number of benzene rings is 1. The molecule has 0 radical (unpaired) electrons. The van der Waals surface area contributed by atoms with E-state index in [1.165, 1.54) is 37.7 Å². The second-order valence-corrected chi connectivity index (χ2v) is 8.62. The van der Waals surface area contributed by atoms with Crippen LogP contribution in [0, 0.1) is 0 Å². The average Bonchev–Trinajstić information content (AvgIpc) is 2.52. The van der Waals surface area contributed by atoms with Crippen molar-refractivity contribution in [2.75, 3.05) is 12.3 Å². The second kappa shape index (κ2) is 8.05. The molecule has 122 valence electrons. The van der Waals surface area contributed by atoms with Crippen molar-refractivity contribution in [1.82, 2.24) is 5.32 Å². The van der Waals surface area contributed by atoms with Crippen molar-refractivity contribution in [2.24, 2.45) is 0 Å². The fourth-order valence-corrected chi connectivity index (χ4v) is 4.07. The van der Waals surface area contributed by atoms with E-state index in [0.29, 0.717) is 0 Å². The van der Waals surface area contributed by atoms with Crippen molar-refractivity contribution in [2.45, 2.75) is 63.5 Å². The number of rotatable bonds is 5. The molecule has 0 aliphatic heterocycles. The Morgan fingerprint density at radius 3 is 2.36 bits per heavy atom. The molecule has 2 nitrogen and oxygen atoms in total. The van der Waals surface area contributed by atoms with Crippen LogP contribution in [0.3, 0.4) is 0 Å². The molecule has 0 atom stereocenters. The Bertz CT molecular complexity index is 469. The molecule has 0 bridgehead atoms. The maximum atomic E-state index is 12.1. The Hall–Kier alpha value is -0.960. The lowest BCUT2D eigenvalue weighted by Crippen LogP contribution is -2.26. The van der Waals surface area contributed by atoms with Crippen LogP contribution < -0.4 is 5.32 Å². The molecule has 0 spiro atoms. The molecular weight excluding hydrogens is 290 g/mol. The van der Waals surface area contributed by atoms with E-state index in [-0.39, 0.29) is 11.3 Å². The van der Waals surface area contributed by atoms with Crippen molar-refractivity contribution in [3.8, 4) is 0 Å². The summed E-state index contributed by atoms with van der Waals surface area (Å²) in [5, 5.41) is 3.85. The minimum atomic E-state index is 0.0460. The number of hydrogen-bond acceptors (Lipinski definition) is 2. The van der Waals surface area contributed by atoms with Gasteiger partial charge in [-0.05, 0) is 36.0 Å². The minimum absolute atomic E-state index is 0.0460. The van der Waals surface area contributed by atoms with Gasteiger partial charge in [-0.3, -0.25) is 4.79 Å².